The lowest BCUT2D eigenvalue weighted by molar-refractivity contribution is 0.0992. The normalized spacial score (nSPS) is 19.1. The van der Waals surface area contributed by atoms with E-state index in [2.05, 4.69) is 27.1 Å². The lowest BCUT2D eigenvalue weighted by atomic mass is 10.0. The maximum atomic E-state index is 8.61. The molecule has 20 heavy (non-hydrogen) atoms. The van der Waals surface area contributed by atoms with Crippen LogP contribution in [0, 0.1) is 5.92 Å². The predicted molar refractivity (Wildman–Crippen MR) is 79.0 cm³/mol. The molecule has 0 aliphatic carbocycles. The number of aliphatic hydroxyl groups is 1. The number of rotatable bonds is 7. The second-order valence-electron chi connectivity index (χ2n) is 5.22. The Morgan fingerprint density at radius 3 is 3.15 bits per heavy atom. The van der Waals surface area contributed by atoms with E-state index < -0.39 is 0 Å². The molecule has 1 unspecified atom stereocenters. The van der Waals surface area contributed by atoms with Gasteiger partial charge in [-0.3, -0.25) is 0 Å². The molecular formula is C14H24N4O2. The van der Waals surface area contributed by atoms with E-state index in [-0.39, 0.29) is 6.61 Å². The van der Waals surface area contributed by atoms with Crippen LogP contribution in [-0.4, -0.2) is 54.5 Å². The summed E-state index contributed by atoms with van der Waals surface area (Å²) in [4.78, 5) is 10.9. The Morgan fingerprint density at radius 1 is 1.45 bits per heavy atom. The van der Waals surface area contributed by atoms with Crippen molar-refractivity contribution in [3.8, 4) is 0 Å². The number of ether oxygens (including phenoxy) is 1. The van der Waals surface area contributed by atoms with Crippen LogP contribution in [0.15, 0.2) is 12.4 Å². The monoisotopic (exact) mass is 280 g/mol. The van der Waals surface area contributed by atoms with Gasteiger partial charge in [0.05, 0.1) is 19.8 Å². The Balaban J connectivity index is 1.84. The minimum absolute atomic E-state index is 0.0603. The summed E-state index contributed by atoms with van der Waals surface area (Å²) in [6.45, 7) is 6.09. The van der Waals surface area contributed by atoms with Crippen molar-refractivity contribution in [3.05, 3.63) is 12.4 Å². The molecule has 1 aliphatic rings. The van der Waals surface area contributed by atoms with E-state index in [1.807, 2.05) is 6.07 Å². The summed E-state index contributed by atoms with van der Waals surface area (Å²) in [5.74, 6) is 2.54. The minimum atomic E-state index is 0.0603. The molecule has 2 rings (SSSR count). The summed E-state index contributed by atoms with van der Waals surface area (Å²) in [5.41, 5.74) is 0. The van der Waals surface area contributed by atoms with E-state index in [0.29, 0.717) is 19.8 Å². The summed E-state index contributed by atoms with van der Waals surface area (Å²) < 4.78 is 5.20. The fourth-order valence-electron chi connectivity index (χ4n) is 2.43. The number of anilines is 2. The van der Waals surface area contributed by atoms with Crippen molar-refractivity contribution < 1.29 is 9.84 Å². The van der Waals surface area contributed by atoms with Crippen LogP contribution in [0.4, 0.5) is 11.6 Å². The van der Waals surface area contributed by atoms with Crippen LogP contribution >= 0.6 is 0 Å². The first-order valence-electron chi connectivity index (χ1n) is 7.29. The zero-order valence-electron chi connectivity index (χ0n) is 12.1. The van der Waals surface area contributed by atoms with Crippen LogP contribution in [0.1, 0.15) is 19.8 Å². The van der Waals surface area contributed by atoms with Crippen LogP contribution in [0.2, 0.25) is 0 Å². The van der Waals surface area contributed by atoms with Gasteiger partial charge in [0.1, 0.15) is 18.0 Å². The Kier molecular flexibility index (Phi) is 6.01. The first-order chi connectivity index (χ1) is 9.79. The van der Waals surface area contributed by atoms with Gasteiger partial charge in [0.25, 0.3) is 0 Å². The highest BCUT2D eigenvalue weighted by Crippen LogP contribution is 2.22. The van der Waals surface area contributed by atoms with Crippen LogP contribution in [-0.2, 0) is 4.74 Å². The van der Waals surface area contributed by atoms with Gasteiger partial charge in [-0.2, -0.15) is 0 Å². The molecule has 2 heterocycles. The zero-order chi connectivity index (χ0) is 14.2. The van der Waals surface area contributed by atoms with Crippen LogP contribution < -0.4 is 10.2 Å². The largest absolute Gasteiger partial charge is 0.394 e. The standard InChI is InChI=1S/C14H24N4O2/c1-12-3-2-5-18(10-12)14-9-13(16-11-17-14)15-4-7-20-8-6-19/h9,11-12,19H,2-8,10H2,1H3,(H,15,16,17). The predicted octanol–water partition coefficient (Wildman–Crippen LogP) is 1.13. The Hall–Kier alpha value is -1.40. The number of aromatic nitrogens is 2. The lowest BCUT2D eigenvalue weighted by Crippen LogP contribution is -2.34. The van der Waals surface area contributed by atoms with E-state index in [4.69, 9.17) is 9.84 Å². The average Bonchev–Trinajstić information content (AvgIpc) is 2.47. The van der Waals surface area contributed by atoms with Crippen molar-refractivity contribution in [2.75, 3.05) is 49.7 Å². The van der Waals surface area contributed by atoms with Gasteiger partial charge >= 0.3 is 0 Å². The van der Waals surface area contributed by atoms with Crippen molar-refractivity contribution in [2.24, 2.45) is 5.92 Å². The van der Waals surface area contributed by atoms with Gasteiger partial charge < -0.3 is 20.1 Å². The Bertz CT molecular complexity index is 403. The SMILES string of the molecule is CC1CCCN(c2cc(NCCOCCO)ncn2)C1. The van der Waals surface area contributed by atoms with Crippen molar-refractivity contribution in [2.45, 2.75) is 19.8 Å². The topological polar surface area (TPSA) is 70.5 Å². The summed E-state index contributed by atoms with van der Waals surface area (Å²) in [6, 6.07) is 1.99. The fourth-order valence-corrected chi connectivity index (χ4v) is 2.43. The maximum absolute atomic E-state index is 8.61. The minimum Gasteiger partial charge on any atom is -0.394 e. The molecule has 0 bridgehead atoms. The van der Waals surface area contributed by atoms with E-state index in [1.165, 1.54) is 12.8 Å². The molecule has 1 fully saturated rings. The van der Waals surface area contributed by atoms with Gasteiger partial charge in [0.2, 0.25) is 0 Å². The molecule has 1 aromatic heterocycles. The van der Waals surface area contributed by atoms with Crippen molar-refractivity contribution in [1.82, 2.24) is 9.97 Å². The maximum Gasteiger partial charge on any atom is 0.134 e. The smallest absolute Gasteiger partial charge is 0.134 e. The summed E-state index contributed by atoms with van der Waals surface area (Å²) in [6.07, 6.45) is 4.13. The van der Waals surface area contributed by atoms with Gasteiger partial charge in [-0.25, -0.2) is 9.97 Å². The number of nitrogens with zero attached hydrogens (tertiary/aromatic N) is 3. The van der Waals surface area contributed by atoms with Crippen molar-refractivity contribution in [3.63, 3.8) is 0 Å². The van der Waals surface area contributed by atoms with Gasteiger partial charge in [-0.05, 0) is 18.8 Å². The summed E-state index contributed by atoms with van der Waals surface area (Å²) in [5, 5.41) is 11.8. The molecule has 0 amide bonds. The Labute approximate surface area is 120 Å². The van der Waals surface area contributed by atoms with Gasteiger partial charge in [-0.15, -0.1) is 0 Å². The second kappa shape index (κ2) is 8.01. The molecule has 1 aromatic rings. The number of hydrogen-bond donors (Lipinski definition) is 2. The molecule has 1 atom stereocenters. The van der Waals surface area contributed by atoms with Crippen LogP contribution in [0.3, 0.4) is 0 Å². The molecule has 0 saturated carbocycles. The quantitative estimate of drug-likeness (QED) is 0.730. The van der Waals surface area contributed by atoms with Crippen molar-refractivity contribution >= 4 is 11.6 Å². The van der Waals surface area contributed by atoms with Crippen LogP contribution in [0.25, 0.3) is 0 Å². The third-order valence-electron chi connectivity index (χ3n) is 3.42. The Morgan fingerprint density at radius 2 is 2.35 bits per heavy atom. The van der Waals surface area contributed by atoms with Gasteiger partial charge in [-0.1, -0.05) is 6.92 Å². The first-order valence-corrected chi connectivity index (χ1v) is 7.29. The highest BCUT2D eigenvalue weighted by Gasteiger charge is 2.17. The molecule has 6 heteroatoms. The van der Waals surface area contributed by atoms with Crippen LogP contribution in [0.5, 0.6) is 0 Å². The molecule has 1 saturated heterocycles. The van der Waals surface area contributed by atoms with Crippen molar-refractivity contribution in [1.29, 1.82) is 0 Å². The molecule has 0 radical (unpaired) electrons. The summed E-state index contributed by atoms with van der Waals surface area (Å²) in [7, 11) is 0. The zero-order valence-corrected chi connectivity index (χ0v) is 12.1. The average molecular weight is 280 g/mol. The number of aliphatic hydroxyl groups excluding tert-OH is 1. The second-order valence-corrected chi connectivity index (χ2v) is 5.22. The fraction of sp³-hybridized carbons (Fsp3) is 0.714. The van der Waals surface area contributed by atoms with E-state index in [0.717, 1.165) is 30.6 Å². The van der Waals surface area contributed by atoms with Gasteiger partial charge in [0.15, 0.2) is 0 Å². The lowest BCUT2D eigenvalue weighted by Gasteiger charge is -2.31. The molecule has 0 spiro atoms. The highest BCUT2D eigenvalue weighted by atomic mass is 16.5. The molecule has 2 N–H and O–H groups in total. The number of piperidine rings is 1. The third-order valence-corrected chi connectivity index (χ3v) is 3.42. The third kappa shape index (κ3) is 4.61. The summed E-state index contributed by atoms with van der Waals surface area (Å²) >= 11 is 0. The highest BCUT2D eigenvalue weighted by molar-refractivity contribution is 5.48. The number of hydrogen-bond acceptors (Lipinski definition) is 6. The molecule has 6 nitrogen and oxygen atoms in total. The number of nitrogens with one attached hydrogen (secondary N) is 1. The van der Waals surface area contributed by atoms with E-state index >= 15 is 0 Å². The molecule has 1 aliphatic heterocycles. The molecule has 0 aromatic carbocycles. The molecular weight excluding hydrogens is 256 g/mol. The van der Waals surface area contributed by atoms with E-state index in [1.54, 1.807) is 6.33 Å². The molecule has 112 valence electrons. The van der Waals surface area contributed by atoms with Gasteiger partial charge in [0, 0.05) is 25.7 Å². The van der Waals surface area contributed by atoms with E-state index in [9.17, 15) is 0 Å². The first kappa shape index (κ1) is 15.0.